The van der Waals surface area contributed by atoms with E-state index in [0.29, 0.717) is 19.7 Å². The van der Waals surface area contributed by atoms with E-state index in [4.69, 9.17) is 4.74 Å². The summed E-state index contributed by atoms with van der Waals surface area (Å²) in [4.78, 5) is 14.1. The van der Waals surface area contributed by atoms with E-state index in [1.54, 1.807) is 29.2 Å². The number of carbonyl (C=O) groups excluding carboxylic acids is 1. The van der Waals surface area contributed by atoms with Crippen molar-refractivity contribution in [3.63, 3.8) is 0 Å². The third kappa shape index (κ3) is 3.99. The summed E-state index contributed by atoms with van der Waals surface area (Å²) < 4.78 is 19.0. The van der Waals surface area contributed by atoms with Crippen molar-refractivity contribution in [2.24, 2.45) is 0 Å². The van der Waals surface area contributed by atoms with Crippen LogP contribution in [0.1, 0.15) is 29.8 Å². The van der Waals surface area contributed by atoms with Crippen LogP contribution in [0.25, 0.3) is 0 Å². The van der Waals surface area contributed by atoms with Crippen molar-refractivity contribution in [2.45, 2.75) is 18.6 Å². The molecule has 1 amide bonds. The molecule has 2 aromatic rings. The molecule has 5 heteroatoms. The lowest BCUT2D eigenvalue weighted by Crippen LogP contribution is -2.42. The maximum absolute atomic E-state index is 13.4. The molecule has 126 valence electrons. The van der Waals surface area contributed by atoms with Gasteiger partial charge >= 0.3 is 0 Å². The Morgan fingerprint density at radius 2 is 2.04 bits per heavy atom. The Morgan fingerprint density at radius 3 is 2.79 bits per heavy atom. The van der Waals surface area contributed by atoms with E-state index in [-0.39, 0.29) is 24.2 Å². The number of benzene rings is 2. The molecule has 0 aromatic heterocycles. The van der Waals surface area contributed by atoms with Crippen LogP contribution in [0.4, 0.5) is 4.39 Å². The van der Waals surface area contributed by atoms with Gasteiger partial charge in [-0.15, -0.1) is 0 Å². The van der Waals surface area contributed by atoms with Crippen LogP contribution in [0, 0.1) is 5.82 Å². The van der Waals surface area contributed by atoms with Gasteiger partial charge in [-0.25, -0.2) is 4.39 Å². The molecule has 0 aliphatic carbocycles. The summed E-state index contributed by atoms with van der Waals surface area (Å²) in [6.07, 6.45) is -1.14. The molecule has 1 aliphatic heterocycles. The standard InChI is InChI=1S/C19H20FNO3/c20-16-8-4-7-15(11-16)18-13-21(9-10-24-18)19(23)12-17(22)14-5-2-1-3-6-14/h1-8,11,17-18,22H,9-10,12-13H2. The number of halogens is 1. The molecule has 1 fully saturated rings. The Labute approximate surface area is 140 Å². The van der Waals surface area contributed by atoms with Gasteiger partial charge in [-0.05, 0) is 23.3 Å². The number of carbonyl (C=O) groups is 1. The zero-order valence-corrected chi connectivity index (χ0v) is 13.3. The molecule has 0 radical (unpaired) electrons. The van der Waals surface area contributed by atoms with Crippen molar-refractivity contribution in [2.75, 3.05) is 19.7 Å². The molecule has 24 heavy (non-hydrogen) atoms. The highest BCUT2D eigenvalue weighted by molar-refractivity contribution is 5.77. The predicted octanol–water partition coefficient (Wildman–Crippen LogP) is 2.85. The van der Waals surface area contributed by atoms with E-state index in [1.165, 1.54) is 12.1 Å². The van der Waals surface area contributed by atoms with Crippen LogP contribution in [0.2, 0.25) is 0 Å². The van der Waals surface area contributed by atoms with E-state index >= 15 is 0 Å². The average molecular weight is 329 g/mol. The zero-order valence-electron chi connectivity index (χ0n) is 13.3. The quantitative estimate of drug-likeness (QED) is 0.938. The van der Waals surface area contributed by atoms with E-state index in [9.17, 15) is 14.3 Å². The van der Waals surface area contributed by atoms with Crippen molar-refractivity contribution in [3.8, 4) is 0 Å². The van der Waals surface area contributed by atoms with Crippen molar-refractivity contribution >= 4 is 5.91 Å². The molecule has 1 heterocycles. The van der Waals surface area contributed by atoms with Crippen LogP contribution in [-0.4, -0.2) is 35.6 Å². The summed E-state index contributed by atoms with van der Waals surface area (Å²) in [7, 11) is 0. The van der Waals surface area contributed by atoms with Gasteiger partial charge in [0.05, 0.1) is 25.7 Å². The van der Waals surface area contributed by atoms with E-state index in [0.717, 1.165) is 11.1 Å². The fraction of sp³-hybridized carbons (Fsp3) is 0.316. The van der Waals surface area contributed by atoms with Crippen LogP contribution >= 0.6 is 0 Å². The number of morpholine rings is 1. The van der Waals surface area contributed by atoms with Gasteiger partial charge in [-0.1, -0.05) is 42.5 Å². The second kappa shape index (κ2) is 7.55. The number of rotatable bonds is 4. The first-order valence-corrected chi connectivity index (χ1v) is 8.01. The first-order chi connectivity index (χ1) is 11.6. The third-order valence-corrected chi connectivity index (χ3v) is 4.19. The minimum absolute atomic E-state index is 0.0277. The molecule has 0 bridgehead atoms. The first kappa shape index (κ1) is 16.6. The molecule has 3 rings (SSSR count). The number of aliphatic hydroxyl groups excluding tert-OH is 1. The van der Waals surface area contributed by atoms with Gasteiger partial charge in [0.15, 0.2) is 0 Å². The van der Waals surface area contributed by atoms with Crippen LogP contribution in [-0.2, 0) is 9.53 Å². The molecule has 2 atom stereocenters. The van der Waals surface area contributed by atoms with E-state index in [2.05, 4.69) is 0 Å². The second-order valence-corrected chi connectivity index (χ2v) is 5.88. The first-order valence-electron chi connectivity index (χ1n) is 8.01. The Hall–Kier alpha value is -2.24. The fourth-order valence-electron chi connectivity index (χ4n) is 2.87. The lowest BCUT2D eigenvalue weighted by Gasteiger charge is -2.33. The predicted molar refractivity (Wildman–Crippen MR) is 87.7 cm³/mol. The molecule has 2 aromatic carbocycles. The minimum Gasteiger partial charge on any atom is -0.388 e. The summed E-state index contributed by atoms with van der Waals surface area (Å²) in [5.74, 6) is -0.449. The molecule has 1 aliphatic rings. The maximum Gasteiger partial charge on any atom is 0.225 e. The average Bonchev–Trinajstić information content (AvgIpc) is 2.62. The Morgan fingerprint density at radius 1 is 1.25 bits per heavy atom. The van der Waals surface area contributed by atoms with Gasteiger partial charge in [-0.3, -0.25) is 4.79 Å². The molecule has 4 nitrogen and oxygen atoms in total. The van der Waals surface area contributed by atoms with E-state index < -0.39 is 6.10 Å². The number of hydrogen-bond donors (Lipinski definition) is 1. The molecule has 1 N–H and O–H groups in total. The fourth-order valence-corrected chi connectivity index (χ4v) is 2.87. The summed E-state index contributed by atoms with van der Waals surface area (Å²) in [6, 6.07) is 15.4. The van der Waals surface area contributed by atoms with Crippen LogP contribution < -0.4 is 0 Å². The Kier molecular flexibility index (Phi) is 5.23. The number of amides is 1. The molecule has 1 saturated heterocycles. The smallest absolute Gasteiger partial charge is 0.225 e. The third-order valence-electron chi connectivity index (χ3n) is 4.19. The number of nitrogens with zero attached hydrogens (tertiary/aromatic N) is 1. The van der Waals surface area contributed by atoms with E-state index in [1.807, 2.05) is 18.2 Å². The topological polar surface area (TPSA) is 49.8 Å². The molecular formula is C19H20FNO3. The van der Waals surface area contributed by atoms with Crippen LogP contribution in [0.15, 0.2) is 54.6 Å². The normalized spacial score (nSPS) is 19.1. The molecular weight excluding hydrogens is 309 g/mol. The Balaban J connectivity index is 1.63. The van der Waals surface area contributed by atoms with Gasteiger partial charge in [0.1, 0.15) is 11.9 Å². The van der Waals surface area contributed by atoms with Gasteiger partial charge in [0, 0.05) is 6.54 Å². The highest BCUT2D eigenvalue weighted by atomic mass is 19.1. The lowest BCUT2D eigenvalue weighted by atomic mass is 10.0. The molecule has 2 unspecified atom stereocenters. The van der Waals surface area contributed by atoms with Crippen molar-refractivity contribution in [1.29, 1.82) is 0 Å². The number of ether oxygens (including phenoxy) is 1. The van der Waals surface area contributed by atoms with Gasteiger partial charge in [0.25, 0.3) is 0 Å². The highest BCUT2D eigenvalue weighted by Gasteiger charge is 2.27. The summed E-state index contributed by atoms with van der Waals surface area (Å²) >= 11 is 0. The van der Waals surface area contributed by atoms with Crippen molar-refractivity contribution in [3.05, 3.63) is 71.5 Å². The largest absolute Gasteiger partial charge is 0.388 e. The monoisotopic (exact) mass is 329 g/mol. The van der Waals surface area contributed by atoms with Gasteiger partial charge < -0.3 is 14.7 Å². The van der Waals surface area contributed by atoms with Crippen LogP contribution in [0.3, 0.4) is 0 Å². The summed E-state index contributed by atoms with van der Waals surface area (Å²) in [6.45, 7) is 1.24. The highest BCUT2D eigenvalue weighted by Crippen LogP contribution is 2.24. The number of hydrogen-bond acceptors (Lipinski definition) is 3. The summed E-state index contributed by atoms with van der Waals surface area (Å²) in [5.41, 5.74) is 1.44. The van der Waals surface area contributed by atoms with Crippen LogP contribution in [0.5, 0.6) is 0 Å². The molecule has 0 saturated carbocycles. The van der Waals surface area contributed by atoms with Crippen molar-refractivity contribution in [1.82, 2.24) is 4.90 Å². The summed E-state index contributed by atoms with van der Waals surface area (Å²) in [5, 5.41) is 10.2. The molecule has 0 spiro atoms. The zero-order chi connectivity index (χ0) is 16.9. The minimum atomic E-state index is -0.825. The Bertz CT molecular complexity index is 692. The SMILES string of the molecule is O=C(CC(O)c1ccccc1)N1CCOC(c2cccc(F)c2)C1. The van der Waals surface area contributed by atoms with Crippen molar-refractivity contribution < 1.29 is 19.0 Å². The maximum atomic E-state index is 13.4. The number of aliphatic hydroxyl groups is 1. The van der Waals surface area contributed by atoms with Gasteiger partial charge in [0.2, 0.25) is 5.91 Å². The second-order valence-electron chi connectivity index (χ2n) is 5.88. The van der Waals surface area contributed by atoms with Gasteiger partial charge in [-0.2, -0.15) is 0 Å². The lowest BCUT2D eigenvalue weighted by molar-refractivity contribution is -0.141.